The van der Waals surface area contributed by atoms with E-state index < -0.39 is 0 Å². The maximum absolute atomic E-state index is 13.4. The van der Waals surface area contributed by atoms with Crippen LogP contribution in [-0.2, 0) is 7.05 Å². The zero-order chi connectivity index (χ0) is 20.0. The molecule has 1 aliphatic carbocycles. The fraction of sp³-hybridized carbons (Fsp3) is 0.0769. The molecule has 0 spiro atoms. The predicted molar refractivity (Wildman–Crippen MR) is 119 cm³/mol. The molecule has 4 aromatic rings. The van der Waals surface area contributed by atoms with Crippen molar-refractivity contribution >= 4 is 33.7 Å². The zero-order valence-electron chi connectivity index (χ0n) is 16.4. The normalized spacial score (nSPS) is 14.9. The number of fused-ring (bicyclic) bond motifs is 2. The van der Waals surface area contributed by atoms with E-state index in [4.69, 9.17) is 4.99 Å². The summed E-state index contributed by atoms with van der Waals surface area (Å²) in [6, 6.07) is 24.0. The molecule has 5 rings (SSSR count). The lowest BCUT2D eigenvalue weighted by molar-refractivity contribution is 0.105. The van der Waals surface area contributed by atoms with Gasteiger partial charge in [0.25, 0.3) is 0 Å². The number of hydrogen-bond donors (Lipinski definition) is 0. The summed E-state index contributed by atoms with van der Waals surface area (Å²) in [5.74, 6) is 0.0423. The van der Waals surface area contributed by atoms with E-state index in [0.29, 0.717) is 11.1 Å². The highest BCUT2D eigenvalue weighted by atomic mass is 16.1. The Morgan fingerprint density at radius 3 is 2.31 bits per heavy atom. The number of rotatable bonds is 2. The molecular formula is C26H20N2O. The number of aromatic nitrogens is 1. The van der Waals surface area contributed by atoms with E-state index in [-0.39, 0.29) is 5.78 Å². The largest absolute Gasteiger partial charge is 0.350 e. The van der Waals surface area contributed by atoms with Crippen molar-refractivity contribution in [3.63, 3.8) is 0 Å². The maximum Gasteiger partial charge on any atom is 0.194 e. The number of allylic oxidation sites excluding steroid dienone is 2. The molecule has 3 nitrogen and oxygen atoms in total. The first-order valence-electron chi connectivity index (χ1n) is 9.68. The Balaban J connectivity index is 1.77. The van der Waals surface area contributed by atoms with Crippen LogP contribution in [0.25, 0.3) is 16.5 Å². The molecular weight excluding hydrogens is 356 g/mol. The van der Waals surface area contributed by atoms with Gasteiger partial charge in [0.2, 0.25) is 0 Å². The minimum Gasteiger partial charge on any atom is -0.350 e. The lowest BCUT2D eigenvalue weighted by atomic mass is 9.85. The molecule has 0 saturated heterocycles. The third-order valence-electron chi connectivity index (χ3n) is 5.52. The molecule has 0 bridgehead atoms. The Morgan fingerprint density at radius 2 is 1.48 bits per heavy atom. The van der Waals surface area contributed by atoms with Crippen LogP contribution in [0.4, 0.5) is 5.69 Å². The van der Waals surface area contributed by atoms with Gasteiger partial charge in [-0.05, 0) is 30.7 Å². The molecule has 0 unspecified atom stereocenters. The number of aliphatic imine (C=N–C) groups is 1. The Morgan fingerprint density at radius 1 is 0.793 bits per heavy atom. The summed E-state index contributed by atoms with van der Waals surface area (Å²) in [7, 11) is 2.01. The van der Waals surface area contributed by atoms with Gasteiger partial charge >= 0.3 is 0 Å². The number of para-hydroxylation sites is 2. The Labute approximate surface area is 169 Å². The monoisotopic (exact) mass is 376 g/mol. The van der Waals surface area contributed by atoms with E-state index in [2.05, 4.69) is 29.7 Å². The summed E-state index contributed by atoms with van der Waals surface area (Å²) in [5, 5.41) is 1.07. The van der Waals surface area contributed by atoms with Crippen molar-refractivity contribution in [2.75, 3.05) is 0 Å². The van der Waals surface area contributed by atoms with Crippen molar-refractivity contribution in [1.29, 1.82) is 0 Å². The van der Waals surface area contributed by atoms with E-state index in [1.54, 1.807) is 0 Å². The van der Waals surface area contributed by atoms with Crippen LogP contribution < -0.4 is 0 Å². The SMILES string of the molecule is Cc1ccccc1N=C1C=C(c2cn(C)c3ccccc23)C(=O)c2ccccc21. The molecule has 3 heteroatoms. The fourth-order valence-electron chi connectivity index (χ4n) is 4.00. The van der Waals surface area contributed by atoms with Crippen molar-refractivity contribution in [2.45, 2.75) is 6.92 Å². The molecule has 0 saturated carbocycles. The Kier molecular flexibility index (Phi) is 4.02. The van der Waals surface area contributed by atoms with Gasteiger partial charge in [-0.15, -0.1) is 0 Å². The Hall–Kier alpha value is -3.72. The third-order valence-corrected chi connectivity index (χ3v) is 5.52. The van der Waals surface area contributed by atoms with Gasteiger partial charge in [-0.1, -0.05) is 60.7 Å². The number of hydrogen-bond acceptors (Lipinski definition) is 2. The van der Waals surface area contributed by atoms with Gasteiger partial charge in [0.1, 0.15) is 0 Å². The van der Waals surface area contributed by atoms with Gasteiger partial charge in [-0.3, -0.25) is 4.79 Å². The average molecular weight is 376 g/mol. The van der Waals surface area contributed by atoms with Crippen molar-refractivity contribution in [3.05, 3.63) is 107 Å². The third kappa shape index (κ3) is 2.83. The Bertz CT molecular complexity index is 1340. The lowest BCUT2D eigenvalue weighted by Gasteiger charge is -2.18. The van der Waals surface area contributed by atoms with Crippen LogP contribution in [0.2, 0.25) is 0 Å². The second-order valence-corrected chi connectivity index (χ2v) is 7.39. The molecule has 0 N–H and O–H groups in total. The molecule has 0 aliphatic heterocycles. The van der Waals surface area contributed by atoms with E-state index in [1.165, 1.54) is 0 Å². The predicted octanol–water partition coefficient (Wildman–Crippen LogP) is 5.89. The molecule has 29 heavy (non-hydrogen) atoms. The highest BCUT2D eigenvalue weighted by Gasteiger charge is 2.27. The molecule has 0 radical (unpaired) electrons. The molecule has 0 fully saturated rings. The van der Waals surface area contributed by atoms with Crippen LogP contribution in [0.3, 0.4) is 0 Å². The quantitative estimate of drug-likeness (QED) is 0.430. The summed E-state index contributed by atoms with van der Waals surface area (Å²) in [4.78, 5) is 18.3. The van der Waals surface area contributed by atoms with Crippen LogP contribution in [0, 0.1) is 6.92 Å². The molecule has 140 valence electrons. The van der Waals surface area contributed by atoms with Gasteiger partial charge < -0.3 is 4.57 Å². The second-order valence-electron chi connectivity index (χ2n) is 7.39. The van der Waals surface area contributed by atoms with Crippen LogP contribution in [0.5, 0.6) is 0 Å². The number of ketones is 1. The van der Waals surface area contributed by atoms with Crippen molar-refractivity contribution in [2.24, 2.45) is 12.0 Å². The zero-order valence-corrected chi connectivity index (χ0v) is 16.4. The maximum atomic E-state index is 13.4. The van der Waals surface area contributed by atoms with Gasteiger partial charge in [-0.2, -0.15) is 0 Å². The van der Waals surface area contributed by atoms with E-state index in [9.17, 15) is 4.79 Å². The number of carbonyl (C=O) groups excluding carboxylic acids is 1. The van der Waals surface area contributed by atoms with Crippen LogP contribution in [-0.4, -0.2) is 16.1 Å². The summed E-state index contributed by atoms with van der Waals surface area (Å²) in [6.07, 6.45) is 3.98. The topological polar surface area (TPSA) is 34.4 Å². The van der Waals surface area contributed by atoms with Crippen molar-refractivity contribution in [3.8, 4) is 0 Å². The standard InChI is InChI=1S/C26H20N2O/c1-17-9-3-7-13-23(17)27-24-15-21(26(29)20-12-5-4-10-18(20)24)22-16-28(2)25-14-8-6-11-19(22)25/h3-16H,1-2H3. The second kappa shape index (κ2) is 6.71. The van der Waals surface area contributed by atoms with Gasteiger partial charge in [0.05, 0.1) is 11.4 Å². The number of benzene rings is 3. The lowest BCUT2D eigenvalue weighted by Crippen LogP contribution is -2.16. The molecule has 0 atom stereocenters. The fourth-order valence-corrected chi connectivity index (χ4v) is 4.00. The van der Waals surface area contributed by atoms with Crippen LogP contribution in [0.1, 0.15) is 27.0 Å². The van der Waals surface area contributed by atoms with E-state index in [0.717, 1.165) is 39.0 Å². The highest BCUT2D eigenvalue weighted by molar-refractivity contribution is 6.40. The first-order valence-corrected chi connectivity index (χ1v) is 9.68. The van der Waals surface area contributed by atoms with Gasteiger partial charge in [-0.25, -0.2) is 4.99 Å². The first kappa shape index (κ1) is 17.4. The minimum absolute atomic E-state index is 0.0423. The number of nitrogens with zero attached hydrogens (tertiary/aromatic N) is 2. The number of carbonyl (C=O) groups is 1. The van der Waals surface area contributed by atoms with Crippen molar-refractivity contribution < 1.29 is 4.79 Å². The number of aryl methyl sites for hydroxylation is 2. The average Bonchev–Trinajstić information content (AvgIpc) is 3.08. The summed E-state index contributed by atoms with van der Waals surface area (Å²) in [6.45, 7) is 2.05. The first-order chi connectivity index (χ1) is 14.1. The smallest absolute Gasteiger partial charge is 0.194 e. The van der Waals surface area contributed by atoms with Crippen LogP contribution >= 0.6 is 0 Å². The molecule has 1 heterocycles. The summed E-state index contributed by atoms with van der Waals surface area (Å²) < 4.78 is 2.07. The van der Waals surface area contributed by atoms with Crippen molar-refractivity contribution in [1.82, 2.24) is 4.57 Å². The molecule has 0 amide bonds. The summed E-state index contributed by atoms with van der Waals surface area (Å²) >= 11 is 0. The minimum atomic E-state index is 0.0423. The van der Waals surface area contributed by atoms with Crippen LogP contribution in [0.15, 0.2) is 90.1 Å². The van der Waals surface area contributed by atoms with Gasteiger partial charge in [0.15, 0.2) is 5.78 Å². The van der Waals surface area contributed by atoms with Gasteiger partial charge in [0, 0.05) is 46.4 Å². The summed E-state index contributed by atoms with van der Waals surface area (Å²) in [5.41, 5.74) is 7.16. The molecule has 3 aromatic carbocycles. The molecule has 1 aromatic heterocycles. The highest BCUT2D eigenvalue weighted by Crippen LogP contribution is 2.34. The number of Topliss-reactive ketones (excluding diaryl/α,β-unsaturated/α-hetero) is 1. The van der Waals surface area contributed by atoms with E-state index >= 15 is 0 Å². The molecule has 1 aliphatic rings. The van der Waals surface area contributed by atoms with E-state index in [1.807, 2.05) is 73.9 Å².